The van der Waals surface area contributed by atoms with E-state index in [1.807, 2.05) is 0 Å². The lowest BCUT2D eigenvalue weighted by Crippen LogP contribution is -2.39. The molecule has 5 rings (SSSR count). The first-order chi connectivity index (χ1) is 16.1. The van der Waals surface area contributed by atoms with Crippen LogP contribution in [0.15, 0.2) is 42.6 Å². The van der Waals surface area contributed by atoms with E-state index >= 15 is 0 Å². The normalized spacial score (nSPS) is 19.7. The molecule has 0 N–H and O–H groups in total. The molecule has 1 aromatic heterocycles. The molecule has 13 heteroatoms. The maximum atomic E-state index is 13.3. The molecule has 2 bridgehead atoms. The van der Waals surface area contributed by atoms with Gasteiger partial charge >= 0.3 is 15.6 Å². The lowest BCUT2D eigenvalue weighted by atomic mass is 10.0. The highest BCUT2D eigenvalue weighted by molar-refractivity contribution is 7.88. The van der Waals surface area contributed by atoms with Gasteiger partial charge in [0.05, 0.1) is 11.1 Å². The van der Waals surface area contributed by atoms with Crippen molar-refractivity contribution in [1.29, 1.82) is 0 Å². The van der Waals surface area contributed by atoms with Crippen molar-refractivity contribution < 1.29 is 44.4 Å². The molecule has 0 saturated carbocycles. The van der Waals surface area contributed by atoms with Gasteiger partial charge < -0.3 is 18.4 Å². The largest absolute Gasteiger partial charge is 0.534 e. The van der Waals surface area contributed by atoms with E-state index < -0.39 is 39.6 Å². The predicted octanol–water partition coefficient (Wildman–Crippen LogP) is 4.13. The maximum Gasteiger partial charge on any atom is 0.534 e. The summed E-state index contributed by atoms with van der Waals surface area (Å²) in [6, 6.07) is 8.48. The van der Waals surface area contributed by atoms with Crippen LogP contribution in [0.25, 0.3) is 10.9 Å². The molecule has 3 aromatic rings. The number of pyridine rings is 1. The van der Waals surface area contributed by atoms with Crippen LogP contribution in [0, 0.1) is 5.82 Å². The summed E-state index contributed by atoms with van der Waals surface area (Å²) >= 11 is 0. The van der Waals surface area contributed by atoms with Crippen LogP contribution in [0.1, 0.15) is 29.1 Å². The fraction of sp³-hybridized carbons (Fsp3) is 0.286. The SMILES string of the molecule is COCOc1c2c(c(OS(=O)(=O)C(F)(F)F)c3cccnc13)C1OC2N1Cc1ccc(F)cc1. The Morgan fingerprint density at radius 3 is 2.41 bits per heavy atom. The minimum absolute atomic E-state index is 0.00180. The fourth-order valence-corrected chi connectivity index (χ4v) is 4.56. The fourth-order valence-electron chi connectivity index (χ4n) is 4.06. The topological polar surface area (TPSA) is 87.2 Å². The zero-order valence-electron chi connectivity index (χ0n) is 17.4. The van der Waals surface area contributed by atoms with Crippen LogP contribution in [-0.4, -0.2) is 37.7 Å². The molecule has 0 spiro atoms. The van der Waals surface area contributed by atoms with Gasteiger partial charge in [0.2, 0.25) is 0 Å². The van der Waals surface area contributed by atoms with Gasteiger partial charge in [-0.05, 0) is 29.8 Å². The number of rotatable bonds is 7. The third-order valence-corrected chi connectivity index (χ3v) is 6.43. The van der Waals surface area contributed by atoms with Gasteiger partial charge in [-0.3, -0.25) is 4.98 Å². The molecule has 2 aromatic carbocycles. The summed E-state index contributed by atoms with van der Waals surface area (Å²) in [5.41, 5.74) is -4.46. The minimum Gasteiger partial charge on any atom is -0.465 e. The number of benzene rings is 2. The van der Waals surface area contributed by atoms with E-state index in [-0.39, 0.29) is 35.6 Å². The molecule has 2 atom stereocenters. The number of halogens is 4. The van der Waals surface area contributed by atoms with Crippen LogP contribution in [0.4, 0.5) is 17.6 Å². The average molecular weight is 500 g/mol. The molecule has 2 aliphatic rings. The lowest BCUT2D eigenvalue weighted by Gasteiger charge is -2.40. The number of fused-ring (bicyclic) bond motifs is 6. The van der Waals surface area contributed by atoms with Gasteiger partial charge in [0.15, 0.2) is 18.3 Å². The van der Waals surface area contributed by atoms with Gasteiger partial charge in [-0.1, -0.05) is 12.1 Å². The number of methoxy groups -OCH3 is 1. The molecule has 3 heterocycles. The molecule has 1 fully saturated rings. The molecular formula is C21H16F4N2O6S. The molecule has 8 nitrogen and oxygen atoms in total. The van der Waals surface area contributed by atoms with Crippen LogP contribution < -0.4 is 8.92 Å². The predicted molar refractivity (Wildman–Crippen MR) is 108 cm³/mol. The van der Waals surface area contributed by atoms with Crippen molar-refractivity contribution in [3.05, 3.63) is 65.1 Å². The highest BCUT2D eigenvalue weighted by Crippen LogP contribution is 2.63. The number of hydrogen-bond acceptors (Lipinski definition) is 8. The molecule has 0 amide bonds. The second-order valence-electron chi connectivity index (χ2n) is 7.56. The highest BCUT2D eigenvalue weighted by Gasteiger charge is 2.57. The zero-order chi connectivity index (χ0) is 24.3. The monoisotopic (exact) mass is 500 g/mol. The third-order valence-electron chi connectivity index (χ3n) is 5.48. The Morgan fingerprint density at radius 2 is 1.76 bits per heavy atom. The zero-order valence-corrected chi connectivity index (χ0v) is 18.2. The Morgan fingerprint density at radius 1 is 1.09 bits per heavy atom. The van der Waals surface area contributed by atoms with Crippen molar-refractivity contribution in [2.24, 2.45) is 0 Å². The summed E-state index contributed by atoms with van der Waals surface area (Å²) in [5, 5.41) is -0.00180. The number of nitrogens with zero attached hydrogens (tertiary/aromatic N) is 2. The van der Waals surface area contributed by atoms with Crippen molar-refractivity contribution in [2.45, 2.75) is 24.5 Å². The standard InChI is InChI=1S/C21H16F4N2O6S/c1-30-10-31-18-15-14(19-27(20(15)32-19)9-11-4-6-12(22)7-5-11)17(13-3-2-8-26-16(13)18)33-34(28,29)21(23,24)25/h2-8,19-20H,9-10H2,1H3. The molecule has 2 unspecified atom stereocenters. The summed E-state index contributed by atoms with van der Waals surface area (Å²) in [6.45, 7) is 0.0394. The summed E-state index contributed by atoms with van der Waals surface area (Å²) in [5.74, 6) is -0.775. The van der Waals surface area contributed by atoms with Gasteiger partial charge in [-0.25, -0.2) is 9.29 Å². The Hall–Kier alpha value is -3.00. The smallest absolute Gasteiger partial charge is 0.465 e. The molecule has 0 radical (unpaired) electrons. The van der Waals surface area contributed by atoms with Crippen molar-refractivity contribution in [2.75, 3.05) is 13.9 Å². The van der Waals surface area contributed by atoms with Gasteiger partial charge in [0.1, 0.15) is 23.8 Å². The molecular weight excluding hydrogens is 484 g/mol. The van der Waals surface area contributed by atoms with Crippen LogP contribution in [0.5, 0.6) is 11.5 Å². The van der Waals surface area contributed by atoms with Gasteiger partial charge in [0, 0.05) is 25.2 Å². The van der Waals surface area contributed by atoms with E-state index in [2.05, 4.69) is 9.17 Å². The van der Waals surface area contributed by atoms with E-state index in [0.717, 1.165) is 0 Å². The molecule has 2 aliphatic heterocycles. The van der Waals surface area contributed by atoms with E-state index in [0.29, 0.717) is 11.1 Å². The Labute approximate surface area is 190 Å². The van der Waals surface area contributed by atoms with E-state index in [4.69, 9.17) is 14.2 Å². The van der Waals surface area contributed by atoms with Gasteiger partial charge in [-0.2, -0.15) is 21.6 Å². The Bertz CT molecular complexity index is 1360. The van der Waals surface area contributed by atoms with Crippen LogP contribution in [0.2, 0.25) is 0 Å². The van der Waals surface area contributed by atoms with E-state index in [1.54, 1.807) is 17.0 Å². The van der Waals surface area contributed by atoms with E-state index in [1.165, 1.54) is 37.6 Å². The second kappa shape index (κ2) is 8.05. The first-order valence-corrected chi connectivity index (χ1v) is 11.3. The molecule has 0 aliphatic carbocycles. The minimum atomic E-state index is -5.99. The van der Waals surface area contributed by atoms with Crippen molar-refractivity contribution in [1.82, 2.24) is 9.88 Å². The number of aromatic nitrogens is 1. The van der Waals surface area contributed by atoms with Crippen LogP contribution in [0.3, 0.4) is 0 Å². The maximum absolute atomic E-state index is 13.3. The molecule has 34 heavy (non-hydrogen) atoms. The Balaban J connectivity index is 1.66. The first kappa shape index (κ1) is 22.8. The van der Waals surface area contributed by atoms with Gasteiger partial charge in [0.25, 0.3) is 0 Å². The number of hydrogen-bond donors (Lipinski definition) is 0. The van der Waals surface area contributed by atoms with Crippen molar-refractivity contribution >= 4 is 21.0 Å². The summed E-state index contributed by atoms with van der Waals surface area (Å²) in [6.07, 6.45) is -0.315. The number of ether oxygens (including phenoxy) is 3. The quantitative estimate of drug-likeness (QED) is 0.207. The Kier molecular flexibility index (Phi) is 5.39. The lowest BCUT2D eigenvalue weighted by molar-refractivity contribution is -0.278. The highest BCUT2D eigenvalue weighted by atomic mass is 32.2. The average Bonchev–Trinajstić information content (AvgIpc) is 3.32. The van der Waals surface area contributed by atoms with E-state index in [9.17, 15) is 26.0 Å². The van der Waals surface area contributed by atoms with Crippen LogP contribution in [-0.2, 0) is 26.1 Å². The van der Waals surface area contributed by atoms with Gasteiger partial charge in [-0.15, -0.1) is 0 Å². The number of alkyl halides is 3. The molecule has 1 saturated heterocycles. The van der Waals surface area contributed by atoms with Crippen molar-refractivity contribution in [3.63, 3.8) is 0 Å². The third kappa shape index (κ3) is 3.55. The first-order valence-electron chi connectivity index (χ1n) is 9.85. The second-order valence-corrected chi connectivity index (χ2v) is 9.10. The van der Waals surface area contributed by atoms with Crippen LogP contribution >= 0.6 is 0 Å². The summed E-state index contributed by atoms with van der Waals surface area (Å²) in [4.78, 5) is 5.94. The summed E-state index contributed by atoms with van der Waals surface area (Å²) < 4.78 is 97.9. The van der Waals surface area contributed by atoms with Crippen molar-refractivity contribution in [3.8, 4) is 11.5 Å². The molecule has 180 valence electrons. The summed E-state index contributed by atoms with van der Waals surface area (Å²) in [7, 11) is -4.60.